The summed E-state index contributed by atoms with van der Waals surface area (Å²) in [5.41, 5.74) is 1.31. The first kappa shape index (κ1) is 18.4. The molecule has 0 radical (unpaired) electrons. The van der Waals surface area contributed by atoms with Crippen molar-refractivity contribution in [1.29, 1.82) is 0 Å². The standard InChI is InChI=1S/C19H23N3O3/c1-4-22(5-2)19(24)17-13-14(11-12-20-17)18(23)21-15-7-9-16(10-8-15)25-6-3/h7-13H,4-6H2,1-3H3,(H,21,23). The number of carbonyl (C=O) groups is 2. The highest BCUT2D eigenvalue weighted by molar-refractivity contribution is 6.05. The van der Waals surface area contributed by atoms with Crippen molar-refractivity contribution in [2.45, 2.75) is 20.8 Å². The molecule has 0 saturated heterocycles. The van der Waals surface area contributed by atoms with Crippen LogP contribution < -0.4 is 10.1 Å². The van der Waals surface area contributed by atoms with Crippen LogP contribution in [0.4, 0.5) is 5.69 Å². The van der Waals surface area contributed by atoms with E-state index in [1.54, 1.807) is 35.2 Å². The number of anilines is 1. The molecule has 2 aromatic rings. The first-order valence-electron chi connectivity index (χ1n) is 8.38. The smallest absolute Gasteiger partial charge is 0.272 e. The number of hydrogen-bond donors (Lipinski definition) is 1. The van der Waals surface area contributed by atoms with Crippen LogP contribution >= 0.6 is 0 Å². The van der Waals surface area contributed by atoms with Gasteiger partial charge in [0.05, 0.1) is 6.61 Å². The Labute approximate surface area is 147 Å². The van der Waals surface area contributed by atoms with Crippen LogP contribution in [0.3, 0.4) is 0 Å². The fourth-order valence-corrected chi connectivity index (χ4v) is 2.37. The zero-order chi connectivity index (χ0) is 18.2. The molecule has 6 nitrogen and oxygen atoms in total. The minimum atomic E-state index is -0.292. The monoisotopic (exact) mass is 341 g/mol. The highest BCUT2D eigenvalue weighted by atomic mass is 16.5. The van der Waals surface area contributed by atoms with Crippen molar-refractivity contribution in [3.8, 4) is 5.75 Å². The van der Waals surface area contributed by atoms with Gasteiger partial charge in [0.1, 0.15) is 11.4 Å². The van der Waals surface area contributed by atoms with E-state index in [1.165, 1.54) is 12.3 Å². The third-order valence-electron chi connectivity index (χ3n) is 3.72. The van der Waals surface area contributed by atoms with Gasteiger partial charge >= 0.3 is 0 Å². The molecule has 6 heteroatoms. The molecule has 0 spiro atoms. The van der Waals surface area contributed by atoms with E-state index in [0.29, 0.717) is 30.9 Å². The summed E-state index contributed by atoms with van der Waals surface area (Å²) in [4.78, 5) is 30.5. The van der Waals surface area contributed by atoms with E-state index in [4.69, 9.17) is 4.74 Å². The van der Waals surface area contributed by atoms with Gasteiger partial charge in [0.15, 0.2) is 0 Å². The first-order valence-corrected chi connectivity index (χ1v) is 8.38. The lowest BCUT2D eigenvalue weighted by Crippen LogP contribution is -2.31. The Morgan fingerprint density at radius 3 is 2.36 bits per heavy atom. The van der Waals surface area contributed by atoms with Gasteiger partial charge in [-0.25, -0.2) is 0 Å². The van der Waals surface area contributed by atoms with Crippen molar-refractivity contribution in [2.24, 2.45) is 0 Å². The summed E-state index contributed by atoms with van der Waals surface area (Å²) in [7, 11) is 0. The summed E-state index contributed by atoms with van der Waals surface area (Å²) < 4.78 is 5.37. The molecule has 25 heavy (non-hydrogen) atoms. The predicted octanol–water partition coefficient (Wildman–Crippen LogP) is 3.21. The summed E-state index contributed by atoms with van der Waals surface area (Å²) in [6, 6.07) is 10.2. The molecule has 0 atom stereocenters. The molecule has 0 bridgehead atoms. The van der Waals surface area contributed by atoms with Gasteiger partial charge in [-0.05, 0) is 57.2 Å². The number of benzene rings is 1. The van der Waals surface area contributed by atoms with Gasteiger partial charge in [-0.1, -0.05) is 0 Å². The Bertz CT molecular complexity index is 725. The van der Waals surface area contributed by atoms with Crippen molar-refractivity contribution in [3.63, 3.8) is 0 Å². The molecule has 1 heterocycles. The molecule has 0 fully saturated rings. The van der Waals surface area contributed by atoms with Crippen LogP contribution in [0.15, 0.2) is 42.6 Å². The van der Waals surface area contributed by atoms with Gasteiger partial charge < -0.3 is 15.0 Å². The summed E-state index contributed by atoms with van der Waals surface area (Å²) in [5, 5.41) is 2.80. The molecule has 1 aromatic heterocycles. The molecular weight excluding hydrogens is 318 g/mol. The molecule has 0 unspecified atom stereocenters. The second-order valence-corrected chi connectivity index (χ2v) is 5.32. The Morgan fingerprint density at radius 2 is 1.76 bits per heavy atom. The van der Waals surface area contributed by atoms with Gasteiger partial charge in [-0.15, -0.1) is 0 Å². The van der Waals surface area contributed by atoms with E-state index < -0.39 is 0 Å². The molecule has 1 aromatic carbocycles. The molecule has 1 N–H and O–H groups in total. The maximum absolute atomic E-state index is 12.4. The molecule has 0 saturated carbocycles. The van der Waals surface area contributed by atoms with Crippen LogP contribution in [0.1, 0.15) is 41.6 Å². The Hall–Kier alpha value is -2.89. The molecule has 0 aliphatic rings. The Kier molecular flexibility index (Phi) is 6.51. The van der Waals surface area contributed by atoms with Crippen molar-refractivity contribution < 1.29 is 14.3 Å². The molecule has 2 rings (SSSR count). The number of rotatable bonds is 7. The minimum Gasteiger partial charge on any atom is -0.494 e. The van der Waals surface area contributed by atoms with Crippen molar-refractivity contribution >= 4 is 17.5 Å². The van der Waals surface area contributed by atoms with Crippen LogP contribution in [0.5, 0.6) is 5.75 Å². The average molecular weight is 341 g/mol. The summed E-state index contributed by atoms with van der Waals surface area (Å²) in [6.45, 7) is 7.51. The third kappa shape index (κ3) is 4.79. The fourth-order valence-electron chi connectivity index (χ4n) is 2.37. The van der Waals surface area contributed by atoms with Gasteiger partial charge in [-0.2, -0.15) is 0 Å². The Balaban J connectivity index is 2.11. The van der Waals surface area contributed by atoms with Crippen LogP contribution in [-0.4, -0.2) is 41.4 Å². The third-order valence-corrected chi connectivity index (χ3v) is 3.72. The zero-order valence-corrected chi connectivity index (χ0v) is 14.8. The van der Waals surface area contributed by atoms with Gasteiger partial charge in [-0.3, -0.25) is 14.6 Å². The number of nitrogens with one attached hydrogen (secondary N) is 1. The van der Waals surface area contributed by atoms with E-state index in [1.807, 2.05) is 20.8 Å². The number of hydrogen-bond acceptors (Lipinski definition) is 4. The van der Waals surface area contributed by atoms with Crippen molar-refractivity contribution in [1.82, 2.24) is 9.88 Å². The normalized spacial score (nSPS) is 10.2. The summed E-state index contributed by atoms with van der Waals surface area (Å²) in [6.07, 6.45) is 1.48. The highest BCUT2D eigenvalue weighted by Gasteiger charge is 2.16. The van der Waals surface area contributed by atoms with Crippen LogP contribution in [0.25, 0.3) is 0 Å². The minimum absolute atomic E-state index is 0.180. The molecule has 2 amide bonds. The lowest BCUT2D eigenvalue weighted by molar-refractivity contribution is 0.0767. The van der Waals surface area contributed by atoms with Crippen LogP contribution in [0.2, 0.25) is 0 Å². The lowest BCUT2D eigenvalue weighted by atomic mass is 10.2. The van der Waals surface area contributed by atoms with E-state index in [-0.39, 0.29) is 17.5 Å². The lowest BCUT2D eigenvalue weighted by Gasteiger charge is -2.18. The fraction of sp³-hybridized carbons (Fsp3) is 0.316. The summed E-state index contributed by atoms with van der Waals surface area (Å²) >= 11 is 0. The average Bonchev–Trinajstić information content (AvgIpc) is 2.64. The van der Waals surface area contributed by atoms with E-state index >= 15 is 0 Å². The number of ether oxygens (including phenoxy) is 1. The van der Waals surface area contributed by atoms with Crippen molar-refractivity contribution in [2.75, 3.05) is 25.0 Å². The maximum Gasteiger partial charge on any atom is 0.272 e. The molecule has 0 aliphatic carbocycles. The Morgan fingerprint density at radius 1 is 1.08 bits per heavy atom. The SMILES string of the molecule is CCOc1ccc(NC(=O)c2ccnc(C(=O)N(CC)CC)c2)cc1. The first-order chi connectivity index (χ1) is 12.1. The van der Waals surface area contributed by atoms with Crippen molar-refractivity contribution in [3.05, 3.63) is 53.9 Å². The van der Waals surface area contributed by atoms with E-state index in [9.17, 15) is 9.59 Å². The maximum atomic E-state index is 12.4. The number of amides is 2. The number of carbonyl (C=O) groups excluding carboxylic acids is 2. The summed E-state index contributed by atoms with van der Waals surface area (Å²) in [5.74, 6) is 0.275. The second-order valence-electron chi connectivity index (χ2n) is 5.32. The van der Waals surface area contributed by atoms with Gasteiger partial charge in [0.2, 0.25) is 0 Å². The number of aromatic nitrogens is 1. The highest BCUT2D eigenvalue weighted by Crippen LogP contribution is 2.16. The van der Waals surface area contributed by atoms with E-state index in [2.05, 4.69) is 10.3 Å². The zero-order valence-electron chi connectivity index (χ0n) is 14.8. The second kappa shape index (κ2) is 8.82. The number of pyridine rings is 1. The topological polar surface area (TPSA) is 71.5 Å². The van der Waals surface area contributed by atoms with E-state index in [0.717, 1.165) is 5.75 Å². The van der Waals surface area contributed by atoms with Crippen LogP contribution in [-0.2, 0) is 0 Å². The van der Waals surface area contributed by atoms with Gasteiger partial charge in [0.25, 0.3) is 11.8 Å². The molecular formula is C19H23N3O3. The number of nitrogens with zero attached hydrogens (tertiary/aromatic N) is 2. The largest absolute Gasteiger partial charge is 0.494 e. The molecule has 0 aliphatic heterocycles. The van der Waals surface area contributed by atoms with Crippen LogP contribution in [0, 0.1) is 0 Å². The van der Waals surface area contributed by atoms with Gasteiger partial charge in [0, 0.05) is 30.5 Å². The quantitative estimate of drug-likeness (QED) is 0.839. The molecule has 132 valence electrons. The predicted molar refractivity (Wildman–Crippen MR) is 97.1 cm³/mol.